The average molecular weight is 622 g/mol. The summed E-state index contributed by atoms with van der Waals surface area (Å²) in [4.78, 5) is 25.7. The predicted molar refractivity (Wildman–Crippen MR) is 163 cm³/mol. The zero-order chi connectivity index (χ0) is 29.9. The molecule has 41 heavy (non-hydrogen) atoms. The van der Waals surface area contributed by atoms with Crippen molar-refractivity contribution in [3.8, 4) is 0 Å². The molecule has 1 aliphatic heterocycles. The first-order valence-corrected chi connectivity index (χ1v) is 17.1. The molecule has 1 heterocycles. The number of thioether (sulfide) groups is 1. The SMILES string of the molecule is Cc1ccc(S(=O)(=O)N2[C@H](CC3CCCC3)[C@@H](SCCC(=O)OC(C)(C)C)[C@@H](C(=O)O)[C@@H]2c2cccc(Cl)c2)cc1. The van der Waals surface area contributed by atoms with Gasteiger partial charge in [0.2, 0.25) is 10.0 Å². The molecule has 10 heteroatoms. The van der Waals surface area contributed by atoms with Crippen molar-refractivity contribution in [1.29, 1.82) is 0 Å². The van der Waals surface area contributed by atoms with Crippen molar-refractivity contribution in [1.82, 2.24) is 4.31 Å². The summed E-state index contributed by atoms with van der Waals surface area (Å²) >= 11 is 7.72. The van der Waals surface area contributed by atoms with Crippen LogP contribution in [0, 0.1) is 18.8 Å². The Morgan fingerprint density at radius 3 is 2.34 bits per heavy atom. The minimum atomic E-state index is -4.10. The number of rotatable bonds is 10. The maximum Gasteiger partial charge on any atom is 0.309 e. The Labute approximate surface area is 253 Å². The van der Waals surface area contributed by atoms with Gasteiger partial charge in [-0.3, -0.25) is 9.59 Å². The molecule has 0 aromatic heterocycles. The van der Waals surface area contributed by atoms with E-state index in [9.17, 15) is 23.1 Å². The summed E-state index contributed by atoms with van der Waals surface area (Å²) in [5.41, 5.74) is 0.853. The van der Waals surface area contributed by atoms with E-state index >= 15 is 0 Å². The van der Waals surface area contributed by atoms with Crippen LogP contribution in [0.1, 0.15) is 76.5 Å². The molecule has 4 atom stereocenters. The van der Waals surface area contributed by atoms with Gasteiger partial charge in [0.25, 0.3) is 0 Å². The maximum atomic E-state index is 14.5. The van der Waals surface area contributed by atoms with Gasteiger partial charge in [0.1, 0.15) is 5.60 Å². The normalized spacial score (nSPS) is 24.0. The topological polar surface area (TPSA) is 101 Å². The standard InChI is InChI=1S/C31H40ClNO6S2/c1-20-12-14-24(15-13-20)41(37,38)33-25(18-21-8-5-6-9-21)29(40-17-16-26(34)39-31(2,3)4)27(30(35)36)28(33)22-10-7-11-23(32)19-22/h7,10-15,19,21,25,27-29H,5-6,8-9,16-18H2,1-4H3,(H,35,36)/t25-,27+,28+,29-/m1/s1. The first-order valence-electron chi connectivity index (χ1n) is 14.2. The lowest BCUT2D eigenvalue weighted by molar-refractivity contribution is -0.154. The number of aliphatic carboxylic acids is 1. The van der Waals surface area contributed by atoms with E-state index in [0.29, 0.717) is 28.7 Å². The number of carbonyl (C=O) groups excluding carboxylic acids is 1. The lowest BCUT2D eigenvalue weighted by Crippen LogP contribution is -2.41. The van der Waals surface area contributed by atoms with Gasteiger partial charge in [-0.25, -0.2) is 8.42 Å². The van der Waals surface area contributed by atoms with Gasteiger partial charge in [-0.15, -0.1) is 0 Å². The molecule has 0 unspecified atom stereocenters. The molecular weight excluding hydrogens is 582 g/mol. The van der Waals surface area contributed by atoms with Crippen molar-refractivity contribution >= 4 is 45.3 Å². The highest BCUT2D eigenvalue weighted by Gasteiger charge is 2.57. The molecule has 0 amide bonds. The zero-order valence-electron chi connectivity index (χ0n) is 24.1. The molecule has 4 rings (SSSR count). The number of esters is 1. The smallest absolute Gasteiger partial charge is 0.309 e. The van der Waals surface area contributed by atoms with Crippen molar-refractivity contribution < 1.29 is 27.9 Å². The first kappa shape index (κ1) is 31.9. The van der Waals surface area contributed by atoms with E-state index in [2.05, 4.69) is 0 Å². The predicted octanol–water partition coefficient (Wildman–Crippen LogP) is 6.88. The van der Waals surface area contributed by atoms with Gasteiger partial charge in [-0.2, -0.15) is 16.1 Å². The molecule has 1 saturated carbocycles. The molecule has 0 spiro atoms. The number of carboxylic acid groups (broad SMARTS) is 1. The number of carbonyl (C=O) groups is 2. The first-order chi connectivity index (χ1) is 19.3. The van der Waals surface area contributed by atoms with Crippen LogP contribution in [0.15, 0.2) is 53.4 Å². The van der Waals surface area contributed by atoms with Crippen LogP contribution in [0.3, 0.4) is 0 Å². The molecule has 2 aromatic rings. The fraction of sp³-hybridized carbons (Fsp3) is 0.548. The van der Waals surface area contributed by atoms with Crippen LogP contribution in [-0.4, -0.2) is 52.4 Å². The van der Waals surface area contributed by atoms with Crippen molar-refractivity contribution in [3.05, 3.63) is 64.7 Å². The summed E-state index contributed by atoms with van der Waals surface area (Å²) in [6.45, 7) is 7.30. The molecule has 2 aliphatic rings. The molecule has 2 fully saturated rings. The molecular formula is C31H40ClNO6S2. The number of carboxylic acids is 1. The Bertz CT molecular complexity index is 1340. The van der Waals surface area contributed by atoms with Crippen molar-refractivity contribution in [2.75, 3.05) is 5.75 Å². The van der Waals surface area contributed by atoms with Crippen LogP contribution in [0.5, 0.6) is 0 Å². The zero-order valence-corrected chi connectivity index (χ0v) is 26.5. The minimum Gasteiger partial charge on any atom is -0.481 e. The van der Waals surface area contributed by atoms with Crippen LogP contribution in [0.25, 0.3) is 0 Å². The van der Waals surface area contributed by atoms with Crippen molar-refractivity contribution in [3.63, 3.8) is 0 Å². The Balaban J connectivity index is 1.80. The fourth-order valence-electron chi connectivity index (χ4n) is 6.12. The third-order valence-electron chi connectivity index (χ3n) is 7.83. The molecule has 2 aromatic carbocycles. The lowest BCUT2D eigenvalue weighted by atomic mass is 9.91. The quantitative estimate of drug-likeness (QED) is 0.289. The van der Waals surface area contributed by atoms with E-state index in [1.54, 1.807) is 69.3 Å². The number of hydrogen-bond acceptors (Lipinski definition) is 6. The van der Waals surface area contributed by atoms with Crippen molar-refractivity contribution in [2.45, 2.75) is 94.1 Å². The Hall–Kier alpha value is -2.07. The molecule has 0 radical (unpaired) electrons. The summed E-state index contributed by atoms with van der Waals surface area (Å²) in [6.07, 6.45) is 4.81. The number of benzene rings is 2. The summed E-state index contributed by atoms with van der Waals surface area (Å²) in [6, 6.07) is 12.0. The molecule has 7 nitrogen and oxygen atoms in total. The second-order valence-corrected chi connectivity index (χ2v) is 15.7. The van der Waals surface area contributed by atoms with E-state index in [0.717, 1.165) is 31.2 Å². The van der Waals surface area contributed by atoms with E-state index in [1.165, 1.54) is 16.1 Å². The fourth-order valence-corrected chi connectivity index (χ4v) is 9.74. The van der Waals surface area contributed by atoms with Crippen LogP contribution in [0.2, 0.25) is 5.02 Å². The number of ether oxygens (including phenoxy) is 1. The van der Waals surface area contributed by atoms with Gasteiger partial charge in [0.15, 0.2) is 0 Å². The third-order valence-corrected chi connectivity index (χ3v) is 11.4. The molecule has 1 saturated heterocycles. The Morgan fingerprint density at radius 1 is 1.10 bits per heavy atom. The van der Waals surface area contributed by atoms with Gasteiger partial charge in [0, 0.05) is 22.1 Å². The summed E-state index contributed by atoms with van der Waals surface area (Å²) in [5.74, 6) is -1.84. The maximum absolute atomic E-state index is 14.5. The number of nitrogens with zero attached hydrogens (tertiary/aromatic N) is 1. The minimum absolute atomic E-state index is 0.105. The monoisotopic (exact) mass is 621 g/mol. The summed E-state index contributed by atoms with van der Waals surface area (Å²) < 4.78 is 35.9. The van der Waals surface area contributed by atoms with E-state index in [-0.39, 0.29) is 17.3 Å². The van der Waals surface area contributed by atoms with Gasteiger partial charge in [-0.05, 0) is 69.9 Å². The van der Waals surface area contributed by atoms with Crippen LogP contribution < -0.4 is 0 Å². The highest BCUT2D eigenvalue weighted by molar-refractivity contribution is 8.00. The largest absolute Gasteiger partial charge is 0.481 e. The third kappa shape index (κ3) is 7.66. The summed E-state index contributed by atoms with van der Waals surface area (Å²) in [7, 11) is -4.10. The second-order valence-electron chi connectivity index (χ2n) is 12.1. The Morgan fingerprint density at radius 2 is 1.76 bits per heavy atom. The van der Waals surface area contributed by atoms with Crippen LogP contribution in [-0.2, 0) is 24.3 Å². The number of halogens is 1. The molecule has 1 N–H and O–H groups in total. The highest BCUT2D eigenvalue weighted by Crippen LogP contribution is 2.52. The average Bonchev–Trinajstić information content (AvgIpc) is 3.50. The highest BCUT2D eigenvalue weighted by atomic mass is 35.5. The molecule has 224 valence electrons. The number of aryl methyl sites for hydroxylation is 1. The lowest BCUT2D eigenvalue weighted by Gasteiger charge is -2.32. The molecule has 0 bridgehead atoms. The molecule has 1 aliphatic carbocycles. The van der Waals surface area contributed by atoms with Gasteiger partial charge in [0.05, 0.1) is 23.3 Å². The van der Waals surface area contributed by atoms with Crippen molar-refractivity contribution in [2.24, 2.45) is 11.8 Å². The van der Waals surface area contributed by atoms with E-state index < -0.39 is 44.8 Å². The van der Waals surface area contributed by atoms with E-state index in [1.807, 2.05) is 6.92 Å². The van der Waals surface area contributed by atoms with Gasteiger partial charge >= 0.3 is 11.9 Å². The Kier molecular flexibility index (Phi) is 10.1. The van der Waals surface area contributed by atoms with Gasteiger partial charge < -0.3 is 9.84 Å². The van der Waals surface area contributed by atoms with Crippen LogP contribution in [0.4, 0.5) is 0 Å². The van der Waals surface area contributed by atoms with E-state index in [4.69, 9.17) is 16.3 Å². The van der Waals surface area contributed by atoms with Gasteiger partial charge in [-0.1, -0.05) is 67.1 Å². The number of sulfonamides is 1. The number of hydrogen-bond donors (Lipinski definition) is 1. The van der Waals surface area contributed by atoms with Crippen LogP contribution >= 0.6 is 23.4 Å². The second kappa shape index (κ2) is 13.1. The summed E-state index contributed by atoms with van der Waals surface area (Å²) in [5, 5.41) is 10.5.